The van der Waals surface area contributed by atoms with Crippen molar-refractivity contribution < 1.29 is 9.47 Å². The van der Waals surface area contributed by atoms with Crippen molar-refractivity contribution >= 4 is 10.8 Å². The maximum atomic E-state index is 11.8. The molecule has 124 valence electrons. The number of nitrogens with zero attached hydrogens (tertiary/aromatic N) is 1. The first kappa shape index (κ1) is 15.9. The minimum Gasteiger partial charge on any atom is -0.496 e. The van der Waals surface area contributed by atoms with Crippen LogP contribution in [-0.2, 0) is 6.54 Å². The summed E-state index contributed by atoms with van der Waals surface area (Å²) >= 11 is 0. The predicted molar refractivity (Wildman–Crippen MR) is 92.2 cm³/mol. The molecule has 0 atom stereocenters. The molecule has 0 aliphatic rings. The van der Waals surface area contributed by atoms with Crippen LogP contribution in [0, 0.1) is 6.92 Å². The summed E-state index contributed by atoms with van der Waals surface area (Å²) in [4.78, 5) is 25.3. The van der Waals surface area contributed by atoms with Crippen LogP contribution >= 0.6 is 0 Å². The Kier molecular flexibility index (Phi) is 4.12. The number of fused-ring (bicyclic) bond motifs is 1. The Morgan fingerprint density at radius 1 is 1.04 bits per heavy atom. The third-order valence-electron chi connectivity index (χ3n) is 3.97. The van der Waals surface area contributed by atoms with E-state index in [1.165, 1.54) is 16.8 Å². The number of aromatic amines is 1. The average Bonchev–Trinajstić information content (AvgIpc) is 2.56. The first-order valence-corrected chi connectivity index (χ1v) is 7.47. The number of H-pyrrole nitrogens is 1. The molecule has 1 heterocycles. The maximum absolute atomic E-state index is 11.8. The number of aryl methyl sites for hydroxylation is 1. The van der Waals surface area contributed by atoms with E-state index in [0.717, 1.165) is 33.4 Å². The van der Waals surface area contributed by atoms with Gasteiger partial charge in [0.05, 0.1) is 20.8 Å². The van der Waals surface area contributed by atoms with Crippen LogP contribution in [0.5, 0.6) is 11.5 Å². The molecule has 0 unspecified atom stereocenters. The number of methoxy groups -OCH3 is 2. The molecule has 1 aromatic heterocycles. The molecule has 0 radical (unpaired) electrons. The van der Waals surface area contributed by atoms with Gasteiger partial charge in [-0.05, 0) is 30.2 Å². The molecule has 6 nitrogen and oxygen atoms in total. The molecule has 3 rings (SSSR count). The Bertz CT molecular complexity index is 1020. The van der Waals surface area contributed by atoms with Crippen molar-refractivity contribution in [2.75, 3.05) is 14.2 Å². The molecule has 0 aliphatic carbocycles. The standard InChI is InChI=1S/C18H18N2O4/c1-11-8-15(23-2)13-5-4-12(9-14(13)17(11)24-3)10-20-7-6-16(21)19-18(20)22/h4-9H,10H2,1-3H3,(H,19,21,22). The minimum absolute atomic E-state index is 0.352. The van der Waals surface area contributed by atoms with E-state index in [2.05, 4.69) is 4.98 Å². The molecule has 0 amide bonds. The van der Waals surface area contributed by atoms with Gasteiger partial charge >= 0.3 is 5.69 Å². The fourth-order valence-electron chi connectivity index (χ4n) is 2.85. The highest BCUT2D eigenvalue weighted by Gasteiger charge is 2.12. The van der Waals surface area contributed by atoms with Crippen molar-refractivity contribution in [2.24, 2.45) is 0 Å². The molecule has 0 spiro atoms. The fourth-order valence-corrected chi connectivity index (χ4v) is 2.85. The molecule has 2 aromatic carbocycles. The van der Waals surface area contributed by atoms with Crippen LogP contribution in [-0.4, -0.2) is 23.8 Å². The number of aromatic nitrogens is 2. The molecule has 0 bridgehead atoms. The van der Waals surface area contributed by atoms with Crippen LogP contribution in [0.2, 0.25) is 0 Å². The molecule has 3 aromatic rings. The van der Waals surface area contributed by atoms with Gasteiger partial charge in [0.1, 0.15) is 11.5 Å². The van der Waals surface area contributed by atoms with Crippen LogP contribution in [0.4, 0.5) is 0 Å². The summed E-state index contributed by atoms with van der Waals surface area (Å²) in [6.07, 6.45) is 1.49. The van der Waals surface area contributed by atoms with Gasteiger partial charge in [0, 0.05) is 23.0 Å². The summed E-state index contributed by atoms with van der Waals surface area (Å²) in [5.74, 6) is 1.55. The predicted octanol–water partition coefficient (Wildman–Crippen LogP) is 2.06. The minimum atomic E-state index is -0.434. The highest BCUT2D eigenvalue weighted by Crippen LogP contribution is 2.36. The summed E-state index contributed by atoms with van der Waals surface area (Å²) in [6.45, 7) is 2.31. The molecular weight excluding hydrogens is 308 g/mol. The average molecular weight is 326 g/mol. The van der Waals surface area contributed by atoms with E-state index in [0.29, 0.717) is 6.54 Å². The van der Waals surface area contributed by atoms with E-state index in [1.54, 1.807) is 14.2 Å². The van der Waals surface area contributed by atoms with Crippen molar-refractivity contribution in [2.45, 2.75) is 13.5 Å². The second-order valence-electron chi connectivity index (χ2n) is 5.55. The topological polar surface area (TPSA) is 73.3 Å². The van der Waals surface area contributed by atoms with Crippen molar-refractivity contribution in [3.8, 4) is 11.5 Å². The quantitative estimate of drug-likeness (QED) is 0.796. The Labute approximate surface area is 138 Å². The zero-order valence-electron chi connectivity index (χ0n) is 13.8. The highest BCUT2D eigenvalue weighted by atomic mass is 16.5. The van der Waals surface area contributed by atoms with Crippen molar-refractivity contribution in [3.05, 3.63) is 68.5 Å². The van der Waals surface area contributed by atoms with Crippen LogP contribution in [0.15, 0.2) is 46.1 Å². The largest absolute Gasteiger partial charge is 0.496 e. The van der Waals surface area contributed by atoms with Gasteiger partial charge < -0.3 is 9.47 Å². The van der Waals surface area contributed by atoms with Gasteiger partial charge in [-0.15, -0.1) is 0 Å². The van der Waals surface area contributed by atoms with Gasteiger partial charge in [0.15, 0.2) is 0 Å². The van der Waals surface area contributed by atoms with Gasteiger partial charge in [-0.3, -0.25) is 14.3 Å². The third kappa shape index (κ3) is 2.78. The number of benzene rings is 2. The van der Waals surface area contributed by atoms with Crippen molar-refractivity contribution in [1.29, 1.82) is 0 Å². The SMILES string of the molecule is COc1cc(C)c(OC)c2cc(Cn3ccc(=O)[nH]c3=O)ccc12. The van der Waals surface area contributed by atoms with Gasteiger partial charge in [0.25, 0.3) is 5.56 Å². The first-order chi connectivity index (χ1) is 11.5. The van der Waals surface area contributed by atoms with Crippen LogP contribution in [0.3, 0.4) is 0 Å². The number of rotatable bonds is 4. The lowest BCUT2D eigenvalue weighted by molar-refractivity contribution is 0.408. The Balaban J connectivity index is 2.13. The van der Waals surface area contributed by atoms with E-state index >= 15 is 0 Å². The number of ether oxygens (including phenoxy) is 2. The summed E-state index contributed by atoms with van der Waals surface area (Å²) < 4.78 is 12.4. The van der Waals surface area contributed by atoms with Crippen LogP contribution in [0.25, 0.3) is 10.8 Å². The van der Waals surface area contributed by atoms with Gasteiger partial charge in [-0.1, -0.05) is 12.1 Å². The van der Waals surface area contributed by atoms with Crippen molar-refractivity contribution in [1.82, 2.24) is 9.55 Å². The first-order valence-electron chi connectivity index (χ1n) is 7.47. The molecule has 6 heteroatoms. The third-order valence-corrected chi connectivity index (χ3v) is 3.97. The lowest BCUT2D eigenvalue weighted by Gasteiger charge is -2.14. The van der Waals surface area contributed by atoms with E-state index in [1.807, 2.05) is 31.2 Å². The number of nitrogens with one attached hydrogen (secondary N) is 1. The normalized spacial score (nSPS) is 10.8. The van der Waals surface area contributed by atoms with E-state index < -0.39 is 11.2 Å². The number of hydrogen-bond acceptors (Lipinski definition) is 4. The maximum Gasteiger partial charge on any atom is 0.328 e. The van der Waals surface area contributed by atoms with E-state index in [-0.39, 0.29) is 0 Å². The summed E-state index contributed by atoms with van der Waals surface area (Å²) in [6, 6.07) is 9.12. The van der Waals surface area contributed by atoms with Crippen LogP contribution in [0.1, 0.15) is 11.1 Å². The van der Waals surface area contributed by atoms with E-state index in [9.17, 15) is 9.59 Å². The van der Waals surface area contributed by atoms with Gasteiger partial charge in [0.2, 0.25) is 0 Å². The molecule has 0 saturated heterocycles. The van der Waals surface area contributed by atoms with Crippen molar-refractivity contribution in [3.63, 3.8) is 0 Å². The Hall–Kier alpha value is -3.02. The summed E-state index contributed by atoms with van der Waals surface area (Å²) in [5, 5.41) is 1.86. The molecule has 0 aliphatic heterocycles. The van der Waals surface area contributed by atoms with Crippen LogP contribution < -0.4 is 20.7 Å². The lowest BCUT2D eigenvalue weighted by atomic mass is 10.0. The van der Waals surface area contributed by atoms with Gasteiger partial charge in [-0.2, -0.15) is 0 Å². The molecular formula is C18H18N2O4. The molecule has 0 saturated carbocycles. The molecule has 0 fully saturated rings. The smallest absolute Gasteiger partial charge is 0.328 e. The molecule has 1 N–H and O–H groups in total. The zero-order valence-corrected chi connectivity index (χ0v) is 13.8. The highest BCUT2D eigenvalue weighted by molar-refractivity contribution is 5.95. The number of hydrogen-bond donors (Lipinski definition) is 1. The molecule has 24 heavy (non-hydrogen) atoms. The second-order valence-corrected chi connectivity index (χ2v) is 5.55. The van der Waals surface area contributed by atoms with E-state index in [4.69, 9.17) is 9.47 Å². The Morgan fingerprint density at radius 2 is 1.83 bits per heavy atom. The van der Waals surface area contributed by atoms with Gasteiger partial charge in [-0.25, -0.2) is 4.79 Å². The zero-order chi connectivity index (χ0) is 17.3. The second kappa shape index (κ2) is 6.23. The fraction of sp³-hybridized carbons (Fsp3) is 0.222. The summed E-state index contributed by atoms with van der Waals surface area (Å²) in [7, 11) is 3.27. The summed E-state index contributed by atoms with van der Waals surface area (Å²) in [5.41, 5.74) is 1.05. The Morgan fingerprint density at radius 3 is 2.50 bits per heavy atom. The lowest BCUT2D eigenvalue weighted by Crippen LogP contribution is -2.28. The monoisotopic (exact) mass is 326 g/mol.